The van der Waals surface area contributed by atoms with E-state index in [1.165, 1.54) is 0 Å². The minimum Gasteiger partial charge on any atom is -0.478 e. The molecule has 0 saturated carbocycles. The molecule has 0 unspecified atom stereocenters. The number of aromatic carboxylic acids is 1. The number of halogens is 2. The van der Waals surface area contributed by atoms with Crippen molar-refractivity contribution in [2.75, 3.05) is 0 Å². The van der Waals surface area contributed by atoms with Crippen molar-refractivity contribution >= 4 is 40.1 Å². The zero-order valence-corrected chi connectivity index (χ0v) is 13.1. The van der Waals surface area contributed by atoms with Crippen LogP contribution >= 0.6 is 23.2 Å². The first kappa shape index (κ1) is 14.9. The van der Waals surface area contributed by atoms with Gasteiger partial charge in [-0.1, -0.05) is 47.5 Å². The van der Waals surface area contributed by atoms with Crippen LogP contribution in [0, 0.1) is 0 Å². The highest BCUT2D eigenvalue weighted by atomic mass is 35.5. The van der Waals surface area contributed by atoms with Crippen LogP contribution in [0.15, 0.2) is 48.7 Å². The third-order valence-electron chi connectivity index (χ3n) is 3.66. The predicted octanol–water partition coefficient (Wildman–Crippen LogP) is 4.89. The number of para-hydroxylation sites is 1. The Hall–Kier alpha value is -1.97. The van der Waals surface area contributed by atoms with Gasteiger partial charge in [0.1, 0.15) is 0 Å². The van der Waals surface area contributed by atoms with Crippen molar-refractivity contribution in [1.82, 2.24) is 4.57 Å². The maximum atomic E-state index is 11.3. The highest BCUT2D eigenvalue weighted by Gasteiger charge is 2.13. The van der Waals surface area contributed by atoms with Gasteiger partial charge < -0.3 is 9.67 Å². The van der Waals surface area contributed by atoms with Gasteiger partial charge in [0, 0.05) is 33.7 Å². The summed E-state index contributed by atoms with van der Waals surface area (Å²) in [6, 6.07) is 12.9. The number of nitrogens with zero attached hydrogens (tertiary/aromatic N) is 1. The van der Waals surface area contributed by atoms with Crippen LogP contribution in [0.4, 0.5) is 0 Å². The fourth-order valence-electron chi connectivity index (χ4n) is 2.57. The second kappa shape index (κ2) is 6.03. The summed E-state index contributed by atoms with van der Waals surface area (Å²) in [5.74, 6) is -0.917. The number of hydrogen-bond acceptors (Lipinski definition) is 1. The quantitative estimate of drug-likeness (QED) is 0.738. The van der Waals surface area contributed by atoms with Gasteiger partial charge in [-0.05, 0) is 30.2 Å². The van der Waals surface area contributed by atoms with Crippen LogP contribution in [-0.2, 0) is 13.0 Å². The number of carbonyl (C=O) groups is 1. The van der Waals surface area contributed by atoms with Gasteiger partial charge in [-0.3, -0.25) is 0 Å². The van der Waals surface area contributed by atoms with Gasteiger partial charge in [0.05, 0.1) is 5.56 Å². The second-order valence-electron chi connectivity index (χ2n) is 5.04. The van der Waals surface area contributed by atoms with E-state index >= 15 is 0 Å². The zero-order valence-electron chi connectivity index (χ0n) is 11.6. The summed E-state index contributed by atoms with van der Waals surface area (Å²) < 4.78 is 1.95. The SMILES string of the molecule is O=C(O)c1cn(CCc2ccc(Cl)cc2Cl)c2ccccc12. The maximum absolute atomic E-state index is 11.3. The monoisotopic (exact) mass is 333 g/mol. The molecule has 0 aliphatic carbocycles. The molecule has 0 aliphatic heterocycles. The molecular formula is C17H13Cl2NO2. The molecule has 0 radical (unpaired) electrons. The Morgan fingerprint density at radius 3 is 2.64 bits per heavy atom. The fourth-order valence-corrected chi connectivity index (χ4v) is 3.07. The molecule has 3 rings (SSSR count). The number of rotatable bonds is 4. The number of aryl methyl sites for hydroxylation is 2. The van der Waals surface area contributed by atoms with Gasteiger partial charge in [0.25, 0.3) is 0 Å². The smallest absolute Gasteiger partial charge is 0.337 e. The number of hydrogen-bond donors (Lipinski definition) is 1. The molecule has 1 aromatic heterocycles. The standard InChI is InChI=1S/C17H13Cl2NO2/c18-12-6-5-11(15(19)9-12)7-8-20-10-14(17(21)22)13-3-1-2-4-16(13)20/h1-6,9-10H,7-8H2,(H,21,22). The van der Waals surface area contributed by atoms with Crippen molar-refractivity contribution in [1.29, 1.82) is 0 Å². The van der Waals surface area contributed by atoms with E-state index in [0.717, 1.165) is 16.5 Å². The van der Waals surface area contributed by atoms with Gasteiger partial charge in [-0.2, -0.15) is 0 Å². The van der Waals surface area contributed by atoms with Crippen LogP contribution in [0.3, 0.4) is 0 Å². The van der Waals surface area contributed by atoms with Gasteiger partial charge >= 0.3 is 5.97 Å². The summed E-state index contributed by atoms with van der Waals surface area (Å²) in [4.78, 5) is 11.3. The molecule has 112 valence electrons. The molecule has 22 heavy (non-hydrogen) atoms. The molecule has 0 bridgehead atoms. The number of carboxylic acid groups (broad SMARTS) is 1. The first-order chi connectivity index (χ1) is 10.6. The van der Waals surface area contributed by atoms with Crippen LogP contribution in [0.25, 0.3) is 10.9 Å². The molecule has 5 heteroatoms. The van der Waals surface area contributed by atoms with Crippen molar-refractivity contribution in [3.8, 4) is 0 Å². The lowest BCUT2D eigenvalue weighted by atomic mass is 10.1. The second-order valence-corrected chi connectivity index (χ2v) is 5.89. The van der Waals surface area contributed by atoms with Gasteiger partial charge in [0.2, 0.25) is 0 Å². The lowest BCUT2D eigenvalue weighted by Crippen LogP contribution is -2.01. The molecule has 3 aromatic rings. The Kier molecular flexibility index (Phi) is 4.10. The van der Waals surface area contributed by atoms with Crippen molar-refractivity contribution < 1.29 is 9.90 Å². The average molecular weight is 334 g/mol. The summed E-state index contributed by atoms with van der Waals surface area (Å²) in [5, 5.41) is 11.3. The Bertz CT molecular complexity index is 855. The van der Waals surface area contributed by atoms with E-state index in [0.29, 0.717) is 28.6 Å². The van der Waals surface area contributed by atoms with E-state index in [-0.39, 0.29) is 0 Å². The molecule has 1 N–H and O–H groups in total. The lowest BCUT2D eigenvalue weighted by Gasteiger charge is -2.07. The van der Waals surface area contributed by atoms with Crippen LogP contribution in [0.1, 0.15) is 15.9 Å². The minimum absolute atomic E-state index is 0.317. The van der Waals surface area contributed by atoms with E-state index in [1.54, 1.807) is 18.3 Å². The van der Waals surface area contributed by atoms with Gasteiger partial charge in [-0.15, -0.1) is 0 Å². The van der Waals surface area contributed by atoms with E-state index in [9.17, 15) is 9.90 Å². The summed E-state index contributed by atoms with van der Waals surface area (Å²) in [6.07, 6.45) is 2.38. The van der Waals surface area contributed by atoms with Crippen LogP contribution in [0.5, 0.6) is 0 Å². The molecule has 0 fully saturated rings. The molecule has 0 spiro atoms. The Morgan fingerprint density at radius 2 is 1.91 bits per heavy atom. The predicted molar refractivity (Wildman–Crippen MR) is 89.1 cm³/mol. The number of fused-ring (bicyclic) bond motifs is 1. The Morgan fingerprint density at radius 1 is 1.14 bits per heavy atom. The molecular weight excluding hydrogens is 321 g/mol. The van der Waals surface area contributed by atoms with E-state index in [4.69, 9.17) is 23.2 Å². The maximum Gasteiger partial charge on any atom is 0.337 e. The van der Waals surface area contributed by atoms with Crippen molar-refractivity contribution in [2.45, 2.75) is 13.0 Å². The molecule has 2 aromatic carbocycles. The number of aromatic nitrogens is 1. The Balaban J connectivity index is 1.92. The normalized spacial score (nSPS) is 11.0. The number of benzene rings is 2. The van der Waals surface area contributed by atoms with Crippen LogP contribution in [0.2, 0.25) is 10.0 Å². The van der Waals surface area contributed by atoms with E-state index in [2.05, 4.69) is 0 Å². The zero-order chi connectivity index (χ0) is 15.7. The molecule has 0 atom stereocenters. The van der Waals surface area contributed by atoms with Gasteiger partial charge in [-0.25, -0.2) is 4.79 Å². The topological polar surface area (TPSA) is 42.2 Å². The largest absolute Gasteiger partial charge is 0.478 e. The molecule has 1 heterocycles. The summed E-state index contributed by atoms with van der Waals surface area (Å²) in [6.45, 7) is 0.648. The minimum atomic E-state index is -0.917. The summed E-state index contributed by atoms with van der Waals surface area (Å²) in [7, 11) is 0. The average Bonchev–Trinajstić information content (AvgIpc) is 2.86. The number of carboxylic acids is 1. The molecule has 0 aliphatic rings. The first-order valence-corrected chi connectivity index (χ1v) is 7.57. The fraction of sp³-hybridized carbons (Fsp3) is 0.118. The highest BCUT2D eigenvalue weighted by Crippen LogP contribution is 2.24. The van der Waals surface area contributed by atoms with E-state index in [1.807, 2.05) is 34.9 Å². The van der Waals surface area contributed by atoms with Crippen molar-refractivity contribution in [2.24, 2.45) is 0 Å². The first-order valence-electron chi connectivity index (χ1n) is 6.81. The van der Waals surface area contributed by atoms with E-state index < -0.39 is 5.97 Å². The van der Waals surface area contributed by atoms with Crippen molar-refractivity contribution in [3.63, 3.8) is 0 Å². The Labute approximate surface area is 137 Å². The van der Waals surface area contributed by atoms with Crippen LogP contribution < -0.4 is 0 Å². The molecule has 0 amide bonds. The third kappa shape index (κ3) is 2.82. The van der Waals surface area contributed by atoms with Crippen LogP contribution in [-0.4, -0.2) is 15.6 Å². The van der Waals surface area contributed by atoms with Crippen molar-refractivity contribution in [3.05, 3.63) is 69.8 Å². The molecule has 3 nitrogen and oxygen atoms in total. The summed E-state index contributed by atoms with van der Waals surface area (Å²) in [5.41, 5.74) is 2.21. The third-order valence-corrected chi connectivity index (χ3v) is 4.24. The lowest BCUT2D eigenvalue weighted by molar-refractivity contribution is 0.0699. The summed E-state index contributed by atoms with van der Waals surface area (Å²) >= 11 is 12.1. The highest BCUT2D eigenvalue weighted by molar-refractivity contribution is 6.35. The molecule has 0 saturated heterocycles. The van der Waals surface area contributed by atoms with Gasteiger partial charge in [0.15, 0.2) is 0 Å².